The molecule has 4 aromatic rings. The standard InChI is InChI=1S/C25H24N6O3/c1-16(17-7-4-3-5-8-17)27-24-26-13-11-20(29-24)18-9-6-10-19(28-18)21-15-22(34-30-21)25(33)12-14-31(2)23(25)32/h3-11,13,15-16,33H,12,14H2,1-2H3,(H,26,27,29)/t16-,25-/m1/s1. The van der Waals surface area contributed by atoms with Crippen LogP contribution in [0.5, 0.6) is 0 Å². The van der Waals surface area contributed by atoms with Crippen molar-refractivity contribution in [3.63, 3.8) is 0 Å². The highest BCUT2D eigenvalue weighted by Crippen LogP contribution is 2.34. The number of aliphatic hydroxyl groups is 1. The number of nitrogens with zero attached hydrogens (tertiary/aromatic N) is 5. The van der Waals surface area contributed by atoms with E-state index >= 15 is 0 Å². The van der Waals surface area contributed by atoms with E-state index in [2.05, 4.69) is 25.4 Å². The van der Waals surface area contributed by atoms with Gasteiger partial charge in [0, 0.05) is 32.3 Å². The Morgan fingerprint density at radius 2 is 1.76 bits per heavy atom. The number of rotatable bonds is 6. The van der Waals surface area contributed by atoms with Crippen molar-refractivity contribution in [3.05, 3.63) is 78.2 Å². The molecular weight excluding hydrogens is 432 g/mol. The van der Waals surface area contributed by atoms with Crippen molar-refractivity contribution in [2.75, 3.05) is 18.9 Å². The van der Waals surface area contributed by atoms with Crippen LogP contribution in [0.25, 0.3) is 22.8 Å². The fraction of sp³-hybridized carbons (Fsp3) is 0.240. The lowest BCUT2D eigenvalue weighted by atomic mass is 9.98. The van der Waals surface area contributed by atoms with E-state index in [0.29, 0.717) is 35.3 Å². The molecule has 3 aromatic heterocycles. The number of nitrogens with one attached hydrogen (secondary N) is 1. The van der Waals surface area contributed by atoms with Gasteiger partial charge in [0.25, 0.3) is 5.91 Å². The minimum absolute atomic E-state index is 0.0347. The summed E-state index contributed by atoms with van der Waals surface area (Å²) in [6.07, 6.45) is 1.94. The Morgan fingerprint density at radius 3 is 2.50 bits per heavy atom. The first kappa shape index (κ1) is 21.7. The lowest BCUT2D eigenvalue weighted by Crippen LogP contribution is -2.35. The zero-order chi connectivity index (χ0) is 23.7. The molecule has 1 saturated heterocycles. The Balaban J connectivity index is 1.39. The highest BCUT2D eigenvalue weighted by Gasteiger charge is 2.48. The molecule has 1 fully saturated rings. The Bertz CT molecular complexity index is 1330. The average molecular weight is 457 g/mol. The number of aromatic nitrogens is 4. The molecule has 0 saturated carbocycles. The monoisotopic (exact) mass is 456 g/mol. The number of benzene rings is 1. The zero-order valence-corrected chi connectivity index (χ0v) is 18.8. The number of pyridine rings is 1. The van der Waals surface area contributed by atoms with Crippen molar-refractivity contribution in [2.24, 2.45) is 0 Å². The fourth-order valence-corrected chi connectivity index (χ4v) is 3.98. The van der Waals surface area contributed by atoms with Crippen LogP contribution in [-0.2, 0) is 10.4 Å². The van der Waals surface area contributed by atoms with Gasteiger partial charge in [0.05, 0.1) is 23.1 Å². The van der Waals surface area contributed by atoms with Crippen LogP contribution in [0.3, 0.4) is 0 Å². The van der Waals surface area contributed by atoms with Crippen LogP contribution in [0.4, 0.5) is 5.95 Å². The quantitative estimate of drug-likeness (QED) is 0.453. The van der Waals surface area contributed by atoms with Crippen molar-refractivity contribution in [1.82, 2.24) is 25.0 Å². The van der Waals surface area contributed by atoms with Crippen molar-refractivity contribution < 1.29 is 14.4 Å². The van der Waals surface area contributed by atoms with Gasteiger partial charge in [0.2, 0.25) is 11.5 Å². The number of anilines is 1. The Morgan fingerprint density at radius 1 is 1.03 bits per heavy atom. The highest BCUT2D eigenvalue weighted by molar-refractivity contribution is 5.87. The van der Waals surface area contributed by atoms with Gasteiger partial charge in [-0.05, 0) is 30.7 Å². The number of likely N-dealkylation sites (tertiary alicyclic amines) is 1. The second-order valence-electron chi connectivity index (χ2n) is 8.36. The van der Waals surface area contributed by atoms with Gasteiger partial charge in [0.1, 0.15) is 5.69 Å². The second kappa shape index (κ2) is 8.68. The van der Waals surface area contributed by atoms with E-state index in [1.54, 1.807) is 31.4 Å². The summed E-state index contributed by atoms with van der Waals surface area (Å²) in [6, 6.07) is 18.9. The number of likely N-dealkylation sites (N-methyl/N-ethyl adjacent to an activating group) is 1. The molecule has 1 aliphatic heterocycles. The van der Waals surface area contributed by atoms with Gasteiger partial charge in [-0.2, -0.15) is 0 Å². The molecule has 172 valence electrons. The summed E-state index contributed by atoms with van der Waals surface area (Å²) in [7, 11) is 1.65. The summed E-state index contributed by atoms with van der Waals surface area (Å²) in [4.78, 5) is 27.5. The van der Waals surface area contributed by atoms with Crippen molar-refractivity contribution in [1.29, 1.82) is 0 Å². The van der Waals surface area contributed by atoms with E-state index in [1.165, 1.54) is 4.90 Å². The predicted molar refractivity (Wildman–Crippen MR) is 125 cm³/mol. The Kier molecular flexibility index (Phi) is 5.54. The van der Waals surface area contributed by atoms with Gasteiger partial charge in [-0.1, -0.05) is 41.6 Å². The van der Waals surface area contributed by atoms with Crippen LogP contribution in [0, 0.1) is 0 Å². The molecule has 9 nitrogen and oxygen atoms in total. The third kappa shape index (κ3) is 4.01. The number of amides is 1. The molecule has 1 aliphatic rings. The molecule has 0 unspecified atom stereocenters. The normalized spacial score (nSPS) is 18.8. The largest absolute Gasteiger partial charge is 0.373 e. The van der Waals surface area contributed by atoms with Gasteiger partial charge >= 0.3 is 0 Å². The molecule has 0 aliphatic carbocycles. The first-order chi connectivity index (χ1) is 16.4. The summed E-state index contributed by atoms with van der Waals surface area (Å²) in [6.45, 7) is 2.50. The molecule has 2 atom stereocenters. The highest BCUT2D eigenvalue weighted by atomic mass is 16.5. The SMILES string of the molecule is C[C@@H](Nc1nccc(-c2cccc(-c3cc([C@]4(O)CCN(C)C4=O)on3)n2)n1)c1ccccc1. The summed E-state index contributed by atoms with van der Waals surface area (Å²) >= 11 is 0. The summed E-state index contributed by atoms with van der Waals surface area (Å²) < 4.78 is 5.35. The van der Waals surface area contributed by atoms with Crippen LogP contribution >= 0.6 is 0 Å². The van der Waals surface area contributed by atoms with Crippen LogP contribution in [-0.4, -0.2) is 49.6 Å². The minimum Gasteiger partial charge on any atom is -0.373 e. The number of hydrogen-bond acceptors (Lipinski definition) is 8. The maximum Gasteiger partial charge on any atom is 0.262 e. The molecule has 2 N–H and O–H groups in total. The smallest absolute Gasteiger partial charge is 0.262 e. The summed E-state index contributed by atoms with van der Waals surface area (Å²) in [5, 5.41) is 18.2. The summed E-state index contributed by atoms with van der Waals surface area (Å²) in [5.74, 6) is 0.214. The zero-order valence-electron chi connectivity index (χ0n) is 18.8. The van der Waals surface area contributed by atoms with Gasteiger partial charge in [-0.15, -0.1) is 0 Å². The first-order valence-electron chi connectivity index (χ1n) is 11.0. The van der Waals surface area contributed by atoms with Gasteiger partial charge < -0.3 is 19.8 Å². The Labute approximate surface area is 196 Å². The van der Waals surface area contributed by atoms with E-state index < -0.39 is 11.5 Å². The van der Waals surface area contributed by atoms with Gasteiger partial charge in [-0.25, -0.2) is 15.0 Å². The molecule has 4 heterocycles. The molecule has 9 heteroatoms. The molecule has 0 bridgehead atoms. The van der Waals surface area contributed by atoms with Crippen molar-refractivity contribution in [2.45, 2.75) is 25.0 Å². The topological polar surface area (TPSA) is 117 Å². The molecule has 1 amide bonds. The van der Waals surface area contributed by atoms with Crippen LogP contribution in [0.15, 0.2) is 71.4 Å². The molecule has 1 aromatic carbocycles. The van der Waals surface area contributed by atoms with Crippen LogP contribution in [0.1, 0.15) is 30.7 Å². The van der Waals surface area contributed by atoms with Gasteiger partial charge in [0.15, 0.2) is 5.76 Å². The summed E-state index contributed by atoms with van der Waals surface area (Å²) in [5.41, 5.74) is 1.69. The van der Waals surface area contributed by atoms with Crippen molar-refractivity contribution in [3.8, 4) is 22.8 Å². The third-order valence-corrected chi connectivity index (χ3v) is 6.00. The van der Waals surface area contributed by atoms with E-state index in [-0.39, 0.29) is 18.2 Å². The van der Waals surface area contributed by atoms with E-state index in [1.807, 2.05) is 49.4 Å². The molecule has 0 radical (unpaired) electrons. The maximum atomic E-state index is 12.4. The number of carbonyl (C=O) groups excluding carboxylic acids is 1. The molecule has 5 rings (SSSR count). The predicted octanol–water partition coefficient (Wildman–Crippen LogP) is 3.42. The average Bonchev–Trinajstić information content (AvgIpc) is 3.47. The van der Waals surface area contributed by atoms with Crippen LogP contribution in [0.2, 0.25) is 0 Å². The second-order valence-corrected chi connectivity index (χ2v) is 8.36. The molecule has 0 spiro atoms. The maximum absolute atomic E-state index is 12.4. The number of hydrogen-bond donors (Lipinski definition) is 2. The van der Waals surface area contributed by atoms with Gasteiger partial charge in [-0.3, -0.25) is 4.79 Å². The van der Waals surface area contributed by atoms with E-state index in [9.17, 15) is 9.90 Å². The minimum atomic E-state index is -1.69. The lowest BCUT2D eigenvalue weighted by molar-refractivity contribution is -0.144. The lowest BCUT2D eigenvalue weighted by Gasteiger charge is -2.16. The van der Waals surface area contributed by atoms with Crippen molar-refractivity contribution >= 4 is 11.9 Å². The fourth-order valence-electron chi connectivity index (χ4n) is 3.98. The third-order valence-electron chi connectivity index (χ3n) is 6.00. The molecule has 34 heavy (non-hydrogen) atoms. The van der Waals surface area contributed by atoms with E-state index in [4.69, 9.17) is 4.52 Å². The number of carbonyl (C=O) groups is 1. The Hall–Kier alpha value is -4.11. The molecular formula is C25H24N6O3. The van der Waals surface area contributed by atoms with E-state index in [0.717, 1.165) is 5.56 Å². The van der Waals surface area contributed by atoms with Crippen LogP contribution < -0.4 is 5.32 Å². The first-order valence-corrected chi connectivity index (χ1v) is 11.0.